The fraction of sp³-hybridized carbons (Fsp3) is 0.857. The summed E-state index contributed by atoms with van der Waals surface area (Å²) in [4.78, 5) is 0. The zero-order valence-electron chi connectivity index (χ0n) is 10.3. The maximum absolute atomic E-state index is 3.76. The van der Waals surface area contributed by atoms with Gasteiger partial charge in [0.1, 0.15) is 0 Å². The number of nitrogens with one attached hydrogen (secondary N) is 1. The van der Waals surface area contributed by atoms with Crippen LogP contribution < -0.4 is 5.32 Å². The number of hydrogen-bond acceptors (Lipinski definition) is 1. The van der Waals surface area contributed by atoms with Gasteiger partial charge in [-0.1, -0.05) is 38.2 Å². The van der Waals surface area contributed by atoms with E-state index in [0.29, 0.717) is 0 Å². The molecule has 0 aromatic carbocycles. The van der Waals surface area contributed by atoms with E-state index in [1.54, 1.807) is 0 Å². The Hall–Kier alpha value is -0.300. The second-order valence-corrected chi connectivity index (χ2v) is 4.94. The lowest BCUT2D eigenvalue weighted by molar-refractivity contribution is 0.343. The lowest BCUT2D eigenvalue weighted by Gasteiger charge is -2.18. The Bertz CT molecular complexity index is 165. The molecule has 88 valence electrons. The van der Waals surface area contributed by atoms with Gasteiger partial charge in [-0.3, -0.25) is 0 Å². The average Bonchev–Trinajstić information content (AvgIpc) is 2.66. The van der Waals surface area contributed by atoms with Crippen molar-refractivity contribution in [3.05, 3.63) is 12.7 Å². The summed E-state index contributed by atoms with van der Waals surface area (Å²) in [7, 11) is 2.08. The largest absolute Gasteiger partial charge is 0.319 e. The van der Waals surface area contributed by atoms with E-state index in [0.717, 1.165) is 11.8 Å². The van der Waals surface area contributed by atoms with E-state index in [4.69, 9.17) is 0 Å². The van der Waals surface area contributed by atoms with E-state index in [-0.39, 0.29) is 0 Å². The first-order valence-electron chi connectivity index (χ1n) is 6.64. The van der Waals surface area contributed by atoms with Gasteiger partial charge in [0.2, 0.25) is 0 Å². The highest BCUT2D eigenvalue weighted by molar-refractivity contribution is 4.78. The Kier molecular flexibility index (Phi) is 6.74. The molecule has 1 aliphatic rings. The van der Waals surface area contributed by atoms with Crippen LogP contribution in [-0.4, -0.2) is 13.6 Å². The van der Waals surface area contributed by atoms with Gasteiger partial charge in [-0.2, -0.15) is 0 Å². The topological polar surface area (TPSA) is 12.0 Å². The van der Waals surface area contributed by atoms with Gasteiger partial charge in [0.05, 0.1) is 0 Å². The summed E-state index contributed by atoms with van der Waals surface area (Å²) in [6, 6.07) is 0. The van der Waals surface area contributed by atoms with Crippen molar-refractivity contribution >= 4 is 0 Å². The zero-order valence-corrected chi connectivity index (χ0v) is 10.3. The molecule has 1 rings (SSSR count). The molecule has 0 saturated heterocycles. The SMILES string of the molecule is C=CCCCCCC1CCCC1CNC. The molecule has 1 fully saturated rings. The van der Waals surface area contributed by atoms with E-state index in [9.17, 15) is 0 Å². The molecule has 1 saturated carbocycles. The molecule has 0 radical (unpaired) electrons. The van der Waals surface area contributed by atoms with Crippen LogP contribution in [0, 0.1) is 11.8 Å². The molecular weight excluding hydrogens is 182 g/mol. The third-order valence-electron chi connectivity index (χ3n) is 3.77. The first kappa shape index (κ1) is 12.8. The second-order valence-electron chi connectivity index (χ2n) is 4.94. The van der Waals surface area contributed by atoms with Gasteiger partial charge in [0.15, 0.2) is 0 Å². The van der Waals surface area contributed by atoms with Crippen LogP contribution in [0.2, 0.25) is 0 Å². The van der Waals surface area contributed by atoms with Crippen molar-refractivity contribution in [3.63, 3.8) is 0 Å². The fourth-order valence-electron chi connectivity index (χ4n) is 2.90. The number of allylic oxidation sites excluding steroid dienone is 1. The van der Waals surface area contributed by atoms with Crippen LogP contribution in [0.4, 0.5) is 0 Å². The summed E-state index contributed by atoms with van der Waals surface area (Å²) in [5.41, 5.74) is 0. The molecule has 0 aliphatic heterocycles. The molecule has 0 bridgehead atoms. The first-order chi connectivity index (χ1) is 7.38. The van der Waals surface area contributed by atoms with Gasteiger partial charge < -0.3 is 5.32 Å². The molecule has 0 aromatic heterocycles. The zero-order chi connectivity index (χ0) is 10.9. The summed E-state index contributed by atoms with van der Waals surface area (Å²) >= 11 is 0. The summed E-state index contributed by atoms with van der Waals surface area (Å²) in [6.07, 6.45) is 13.3. The van der Waals surface area contributed by atoms with Crippen molar-refractivity contribution in [2.45, 2.75) is 51.4 Å². The normalized spacial score (nSPS) is 25.7. The Morgan fingerprint density at radius 1 is 1.20 bits per heavy atom. The van der Waals surface area contributed by atoms with Crippen molar-refractivity contribution in [3.8, 4) is 0 Å². The summed E-state index contributed by atoms with van der Waals surface area (Å²) < 4.78 is 0. The highest BCUT2D eigenvalue weighted by Gasteiger charge is 2.25. The monoisotopic (exact) mass is 209 g/mol. The molecule has 1 N–H and O–H groups in total. The Balaban J connectivity index is 2.06. The van der Waals surface area contributed by atoms with Crippen LogP contribution >= 0.6 is 0 Å². The quantitative estimate of drug-likeness (QED) is 0.474. The maximum atomic E-state index is 3.76. The lowest BCUT2D eigenvalue weighted by Crippen LogP contribution is -2.21. The highest BCUT2D eigenvalue weighted by Crippen LogP contribution is 2.34. The fourth-order valence-corrected chi connectivity index (χ4v) is 2.90. The predicted molar refractivity (Wildman–Crippen MR) is 68.0 cm³/mol. The predicted octanol–water partition coefficient (Wildman–Crippen LogP) is 3.76. The van der Waals surface area contributed by atoms with E-state index < -0.39 is 0 Å². The minimum Gasteiger partial charge on any atom is -0.319 e. The van der Waals surface area contributed by atoms with E-state index in [2.05, 4.69) is 18.9 Å². The molecule has 1 aliphatic carbocycles. The Morgan fingerprint density at radius 2 is 2.00 bits per heavy atom. The molecule has 1 heteroatoms. The van der Waals surface area contributed by atoms with Gasteiger partial charge in [-0.25, -0.2) is 0 Å². The van der Waals surface area contributed by atoms with Gasteiger partial charge >= 0.3 is 0 Å². The molecule has 0 amide bonds. The molecule has 2 atom stereocenters. The van der Waals surface area contributed by atoms with Crippen molar-refractivity contribution < 1.29 is 0 Å². The first-order valence-corrected chi connectivity index (χ1v) is 6.64. The summed E-state index contributed by atoms with van der Waals surface area (Å²) in [5, 5.41) is 3.34. The number of hydrogen-bond donors (Lipinski definition) is 1. The van der Waals surface area contributed by atoms with E-state index >= 15 is 0 Å². The Morgan fingerprint density at radius 3 is 2.73 bits per heavy atom. The molecular formula is C14H27N. The van der Waals surface area contributed by atoms with Crippen molar-refractivity contribution in [1.82, 2.24) is 5.32 Å². The average molecular weight is 209 g/mol. The standard InChI is InChI=1S/C14H27N/c1-3-4-5-6-7-9-13-10-8-11-14(13)12-15-2/h3,13-15H,1,4-12H2,2H3. The lowest BCUT2D eigenvalue weighted by atomic mass is 9.90. The van der Waals surface area contributed by atoms with E-state index in [1.165, 1.54) is 57.9 Å². The van der Waals surface area contributed by atoms with Crippen LogP contribution in [0.5, 0.6) is 0 Å². The third kappa shape index (κ3) is 4.83. The minimum absolute atomic E-state index is 0.967. The van der Waals surface area contributed by atoms with Gasteiger partial charge in [0, 0.05) is 0 Å². The van der Waals surface area contributed by atoms with E-state index in [1.807, 2.05) is 6.08 Å². The van der Waals surface area contributed by atoms with Gasteiger partial charge in [-0.15, -0.1) is 6.58 Å². The number of unbranched alkanes of at least 4 members (excludes halogenated alkanes) is 3. The molecule has 15 heavy (non-hydrogen) atoms. The van der Waals surface area contributed by atoms with Crippen LogP contribution in [0.15, 0.2) is 12.7 Å². The molecule has 0 spiro atoms. The van der Waals surface area contributed by atoms with Crippen LogP contribution in [-0.2, 0) is 0 Å². The number of rotatable bonds is 8. The smallest absolute Gasteiger partial charge is 0.00209 e. The highest BCUT2D eigenvalue weighted by atomic mass is 14.8. The summed E-state index contributed by atoms with van der Waals surface area (Å²) in [6.45, 7) is 5.00. The van der Waals surface area contributed by atoms with Crippen molar-refractivity contribution in [2.24, 2.45) is 11.8 Å². The maximum Gasteiger partial charge on any atom is -0.00209 e. The molecule has 0 heterocycles. The van der Waals surface area contributed by atoms with Crippen molar-refractivity contribution in [1.29, 1.82) is 0 Å². The molecule has 1 nitrogen and oxygen atoms in total. The second kappa shape index (κ2) is 7.92. The Labute approximate surface area is 95.3 Å². The molecule has 0 aromatic rings. The van der Waals surface area contributed by atoms with Crippen molar-refractivity contribution in [2.75, 3.05) is 13.6 Å². The third-order valence-corrected chi connectivity index (χ3v) is 3.77. The van der Waals surface area contributed by atoms with Crippen LogP contribution in [0.3, 0.4) is 0 Å². The molecule has 2 unspecified atom stereocenters. The summed E-state index contributed by atoms with van der Waals surface area (Å²) in [5.74, 6) is 1.98. The minimum atomic E-state index is 0.967. The van der Waals surface area contributed by atoms with Crippen LogP contribution in [0.1, 0.15) is 51.4 Å². The van der Waals surface area contributed by atoms with Gasteiger partial charge in [-0.05, 0) is 44.7 Å². The van der Waals surface area contributed by atoms with Crippen LogP contribution in [0.25, 0.3) is 0 Å². The van der Waals surface area contributed by atoms with Gasteiger partial charge in [0.25, 0.3) is 0 Å².